The van der Waals surface area contributed by atoms with Gasteiger partial charge in [-0.1, -0.05) is 16.8 Å². The summed E-state index contributed by atoms with van der Waals surface area (Å²) in [7, 11) is 3.05. The molecule has 0 spiro atoms. The van der Waals surface area contributed by atoms with E-state index in [1.807, 2.05) is 0 Å². The Hall–Kier alpha value is -1.79. The Morgan fingerprint density at radius 1 is 1.33 bits per heavy atom. The molecule has 1 aromatic carbocycles. The number of hydrogen-bond acceptors (Lipinski definition) is 6. The van der Waals surface area contributed by atoms with E-state index in [1.165, 1.54) is 14.2 Å². The van der Waals surface area contributed by atoms with Crippen molar-refractivity contribution in [2.45, 2.75) is 25.9 Å². The van der Waals surface area contributed by atoms with Crippen molar-refractivity contribution < 1.29 is 19.1 Å². The molecule has 2 aromatic rings. The van der Waals surface area contributed by atoms with Crippen LogP contribution in [0.3, 0.4) is 0 Å². The number of aliphatic hydroxyl groups is 1. The maximum absolute atomic E-state index is 9.26. The molecule has 0 saturated heterocycles. The van der Waals surface area contributed by atoms with Crippen LogP contribution in [0.5, 0.6) is 11.5 Å². The predicted molar refractivity (Wildman–Crippen MR) is 77.8 cm³/mol. The lowest BCUT2D eigenvalue weighted by molar-refractivity contribution is 0.180. The third kappa shape index (κ3) is 3.65. The molecule has 0 bridgehead atoms. The van der Waals surface area contributed by atoms with Crippen molar-refractivity contribution in [3.05, 3.63) is 23.0 Å². The van der Waals surface area contributed by atoms with E-state index in [0.717, 1.165) is 0 Å². The van der Waals surface area contributed by atoms with Crippen LogP contribution < -0.4 is 9.47 Å². The highest BCUT2D eigenvalue weighted by molar-refractivity contribution is 6.32. The molecule has 1 aromatic heterocycles. The summed E-state index contributed by atoms with van der Waals surface area (Å²) < 4.78 is 15.6. The lowest BCUT2D eigenvalue weighted by atomic mass is 10.2. The Morgan fingerprint density at radius 3 is 2.71 bits per heavy atom. The number of nitrogens with zero attached hydrogens (tertiary/aromatic N) is 2. The molecular formula is C14H17ClN2O4. The fourth-order valence-electron chi connectivity index (χ4n) is 1.85. The lowest BCUT2D eigenvalue weighted by Crippen LogP contribution is -2.01. The normalized spacial score (nSPS) is 12.2. The highest BCUT2D eigenvalue weighted by atomic mass is 35.5. The van der Waals surface area contributed by atoms with Crippen molar-refractivity contribution in [1.29, 1.82) is 0 Å². The van der Waals surface area contributed by atoms with Crippen LogP contribution in [0.25, 0.3) is 11.4 Å². The Balaban J connectivity index is 2.28. The first-order valence-electron chi connectivity index (χ1n) is 6.47. The first kappa shape index (κ1) is 15.6. The Morgan fingerprint density at radius 2 is 2.10 bits per heavy atom. The summed E-state index contributed by atoms with van der Waals surface area (Å²) in [5.74, 6) is 1.84. The Labute approximate surface area is 127 Å². The number of rotatable bonds is 6. The zero-order valence-corrected chi connectivity index (χ0v) is 12.8. The molecule has 114 valence electrons. The predicted octanol–water partition coefficient (Wildman–Crippen LogP) is 2.72. The average Bonchev–Trinajstić information content (AvgIpc) is 2.93. The van der Waals surface area contributed by atoms with E-state index in [2.05, 4.69) is 10.1 Å². The first-order valence-corrected chi connectivity index (χ1v) is 6.85. The number of aliphatic hydroxyl groups excluding tert-OH is 1. The van der Waals surface area contributed by atoms with E-state index >= 15 is 0 Å². The van der Waals surface area contributed by atoms with Crippen molar-refractivity contribution in [3.63, 3.8) is 0 Å². The van der Waals surface area contributed by atoms with E-state index < -0.39 is 6.10 Å². The van der Waals surface area contributed by atoms with Gasteiger partial charge in [-0.3, -0.25) is 0 Å². The Bertz CT molecular complexity index is 613. The quantitative estimate of drug-likeness (QED) is 0.883. The summed E-state index contributed by atoms with van der Waals surface area (Å²) in [5.41, 5.74) is 0.671. The van der Waals surface area contributed by atoms with Crippen molar-refractivity contribution in [3.8, 4) is 22.9 Å². The van der Waals surface area contributed by atoms with Gasteiger partial charge in [0, 0.05) is 12.0 Å². The van der Waals surface area contributed by atoms with E-state index in [0.29, 0.717) is 46.6 Å². The van der Waals surface area contributed by atoms with Crippen molar-refractivity contribution in [1.82, 2.24) is 10.1 Å². The van der Waals surface area contributed by atoms with Crippen LogP contribution in [0.4, 0.5) is 0 Å². The molecule has 0 amide bonds. The first-order chi connectivity index (χ1) is 10.0. The topological polar surface area (TPSA) is 77.6 Å². The second kappa shape index (κ2) is 6.78. The number of benzene rings is 1. The maximum atomic E-state index is 9.26. The SMILES string of the molecule is COc1cc(-c2noc(CCC(C)O)n2)cc(Cl)c1OC. The molecule has 1 atom stereocenters. The highest BCUT2D eigenvalue weighted by Gasteiger charge is 2.15. The second-order valence-electron chi connectivity index (χ2n) is 4.59. The fourth-order valence-corrected chi connectivity index (χ4v) is 2.14. The molecule has 7 heteroatoms. The molecule has 0 saturated carbocycles. The van der Waals surface area contributed by atoms with Crippen molar-refractivity contribution >= 4 is 11.6 Å². The summed E-state index contributed by atoms with van der Waals surface area (Å²) >= 11 is 6.15. The molecule has 1 heterocycles. The number of methoxy groups -OCH3 is 2. The van der Waals surface area contributed by atoms with Crippen LogP contribution in [-0.4, -0.2) is 35.6 Å². The van der Waals surface area contributed by atoms with Gasteiger partial charge in [-0.05, 0) is 25.5 Å². The van der Waals surface area contributed by atoms with Gasteiger partial charge in [-0.2, -0.15) is 4.98 Å². The number of aromatic nitrogens is 2. The van der Waals surface area contributed by atoms with Crippen LogP contribution in [0.15, 0.2) is 16.7 Å². The van der Waals surface area contributed by atoms with E-state index in [9.17, 15) is 5.11 Å². The van der Waals surface area contributed by atoms with Crippen LogP contribution >= 0.6 is 11.6 Å². The van der Waals surface area contributed by atoms with Gasteiger partial charge >= 0.3 is 0 Å². The van der Waals surface area contributed by atoms with Crippen LogP contribution in [-0.2, 0) is 6.42 Å². The molecule has 6 nitrogen and oxygen atoms in total. The molecule has 21 heavy (non-hydrogen) atoms. The van der Waals surface area contributed by atoms with Gasteiger partial charge < -0.3 is 19.1 Å². The van der Waals surface area contributed by atoms with Gasteiger partial charge in [0.2, 0.25) is 11.7 Å². The molecule has 0 radical (unpaired) electrons. The zero-order chi connectivity index (χ0) is 15.4. The molecule has 1 unspecified atom stereocenters. The third-order valence-corrected chi connectivity index (χ3v) is 3.22. The largest absolute Gasteiger partial charge is 0.493 e. The Kier molecular flexibility index (Phi) is 5.03. The summed E-state index contributed by atoms with van der Waals surface area (Å²) in [6, 6.07) is 3.42. The molecule has 0 aliphatic rings. The van der Waals surface area contributed by atoms with E-state index in [4.69, 9.17) is 25.6 Å². The number of ether oxygens (including phenoxy) is 2. The summed E-state index contributed by atoms with van der Waals surface area (Å²) in [6.45, 7) is 1.71. The van der Waals surface area contributed by atoms with E-state index in [1.54, 1.807) is 19.1 Å². The molecule has 0 aliphatic carbocycles. The van der Waals surface area contributed by atoms with Crippen molar-refractivity contribution in [2.24, 2.45) is 0 Å². The lowest BCUT2D eigenvalue weighted by Gasteiger charge is -2.10. The monoisotopic (exact) mass is 312 g/mol. The highest BCUT2D eigenvalue weighted by Crippen LogP contribution is 2.38. The molecule has 1 N–H and O–H groups in total. The fraction of sp³-hybridized carbons (Fsp3) is 0.429. The van der Waals surface area contributed by atoms with Gasteiger partial charge in [0.05, 0.1) is 25.3 Å². The standard InChI is InChI=1S/C14H17ClN2O4/c1-8(18)4-5-12-16-14(17-21-12)9-6-10(15)13(20-3)11(7-9)19-2/h6-8,18H,4-5H2,1-3H3. The van der Waals surface area contributed by atoms with Crippen LogP contribution in [0, 0.1) is 0 Å². The smallest absolute Gasteiger partial charge is 0.227 e. The van der Waals surface area contributed by atoms with Crippen LogP contribution in [0.2, 0.25) is 5.02 Å². The van der Waals surface area contributed by atoms with Crippen molar-refractivity contribution in [2.75, 3.05) is 14.2 Å². The number of hydrogen-bond donors (Lipinski definition) is 1. The zero-order valence-electron chi connectivity index (χ0n) is 12.1. The summed E-state index contributed by atoms with van der Waals surface area (Å²) in [5, 5.41) is 13.6. The second-order valence-corrected chi connectivity index (χ2v) is 5.00. The third-order valence-electron chi connectivity index (χ3n) is 2.94. The van der Waals surface area contributed by atoms with Gasteiger partial charge in [0.1, 0.15) is 0 Å². The molecule has 0 fully saturated rings. The average molecular weight is 313 g/mol. The number of halogens is 1. The summed E-state index contributed by atoms with van der Waals surface area (Å²) in [6.07, 6.45) is 0.677. The minimum absolute atomic E-state index is 0.405. The van der Waals surface area contributed by atoms with Gasteiger partial charge in [0.25, 0.3) is 0 Å². The van der Waals surface area contributed by atoms with Crippen LogP contribution in [0.1, 0.15) is 19.2 Å². The van der Waals surface area contributed by atoms with Gasteiger partial charge in [-0.25, -0.2) is 0 Å². The minimum Gasteiger partial charge on any atom is -0.493 e. The molecular weight excluding hydrogens is 296 g/mol. The summed E-state index contributed by atoms with van der Waals surface area (Å²) in [4.78, 5) is 4.28. The van der Waals surface area contributed by atoms with E-state index in [-0.39, 0.29) is 0 Å². The number of aryl methyl sites for hydroxylation is 1. The minimum atomic E-state index is -0.407. The van der Waals surface area contributed by atoms with Gasteiger partial charge in [-0.15, -0.1) is 0 Å². The molecule has 2 rings (SSSR count). The maximum Gasteiger partial charge on any atom is 0.227 e. The molecule has 0 aliphatic heterocycles. The van der Waals surface area contributed by atoms with Gasteiger partial charge in [0.15, 0.2) is 11.5 Å².